The second-order valence-corrected chi connectivity index (χ2v) is 6.64. The van der Waals surface area contributed by atoms with Crippen LogP contribution in [0.5, 0.6) is 0 Å². The van der Waals surface area contributed by atoms with E-state index in [1.165, 1.54) is 4.88 Å². The Morgan fingerprint density at radius 3 is 2.86 bits per heavy atom. The van der Waals surface area contributed by atoms with E-state index in [0.29, 0.717) is 11.5 Å². The Labute approximate surface area is 128 Å². The van der Waals surface area contributed by atoms with E-state index in [0.717, 1.165) is 29.8 Å². The number of fused-ring (bicyclic) bond motifs is 1. The Bertz CT molecular complexity index is 791. The van der Waals surface area contributed by atoms with Gasteiger partial charge in [0.2, 0.25) is 0 Å². The van der Waals surface area contributed by atoms with E-state index in [1.807, 2.05) is 18.2 Å². The van der Waals surface area contributed by atoms with E-state index in [-0.39, 0.29) is 0 Å². The van der Waals surface area contributed by atoms with Gasteiger partial charge < -0.3 is 4.57 Å². The van der Waals surface area contributed by atoms with Gasteiger partial charge in [0.05, 0.1) is 22.7 Å². The zero-order chi connectivity index (χ0) is 14.8. The van der Waals surface area contributed by atoms with Crippen molar-refractivity contribution in [1.82, 2.24) is 9.55 Å². The van der Waals surface area contributed by atoms with Crippen LogP contribution in [-0.2, 0) is 13.0 Å². The van der Waals surface area contributed by atoms with E-state index in [4.69, 9.17) is 10.2 Å². The first-order valence-electron chi connectivity index (χ1n) is 7.09. The molecule has 3 rings (SSSR count). The third kappa shape index (κ3) is 2.84. The van der Waals surface area contributed by atoms with Crippen molar-refractivity contribution in [3.63, 3.8) is 0 Å². The highest BCUT2D eigenvalue weighted by Crippen LogP contribution is 2.22. The summed E-state index contributed by atoms with van der Waals surface area (Å²) < 4.78 is 2.29. The minimum atomic E-state index is 0.556. The van der Waals surface area contributed by atoms with Gasteiger partial charge in [-0.1, -0.05) is 19.9 Å². The van der Waals surface area contributed by atoms with E-state index in [2.05, 4.69) is 42.0 Å². The Hall–Kier alpha value is -2.12. The third-order valence-corrected chi connectivity index (χ3v) is 4.29. The van der Waals surface area contributed by atoms with Gasteiger partial charge in [-0.15, -0.1) is 11.3 Å². The van der Waals surface area contributed by atoms with Crippen LogP contribution in [0.25, 0.3) is 11.0 Å². The summed E-state index contributed by atoms with van der Waals surface area (Å²) in [7, 11) is 0. The maximum Gasteiger partial charge on any atom is 0.115 e. The Morgan fingerprint density at radius 1 is 1.33 bits per heavy atom. The van der Waals surface area contributed by atoms with Gasteiger partial charge in [0, 0.05) is 17.8 Å². The lowest BCUT2D eigenvalue weighted by Gasteiger charge is -2.11. The molecule has 1 aromatic carbocycles. The highest BCUT2D eigenvalue weighted by Gasteiger charge is 2.13. The molecule has 0 saturated carbocycles. The molecule has 0 aliphatic carbocycles. The summed E-state index contributed by atoms with van der Waals surface area (Å²) in [4.78, 5) is 6.08. The van der Waals surface area contributed by atoms with Gasteiger partial charge >= 0.3 is 0 Å². The molecule has 0 amide bonds. The number of hydrogen-bond acceptors (Lipinski definition) is 3. The molecule has 3 nitrogen and oxygen atoms in total. The molecule has 0 radical (unpaired) electrons. The average molecular weight is 295 g/mol. The summed E-state index contributed by atoms with van der Waals surface area (Å²) in [5.41, 5.74) is 2.70. The largest absolute Gasteiger partial charge is 0.327 e. The number of nitriles is 1. The number of aromatic nitrogens is 2. The quantitative estimate of drug-likeness (QED) is 0.723. The predicted octanol–water partition coefficient (Wildman–Crippen LogP) is 4.22. The van der Waals surface area contributed by atoms with Crippen LogP contribution < -0.4 is 0 Å². The van der Waals surface area contributed by atoms with E-state index >= 15 is 0 Å². The van der Waals surface area contributed by atoms with Crippen LogP contribution in [0, 0.1) is 17.2 Å². The van der Waals surface area contributed by atoms with E-state index in [9.17, 15) is 0 Å². The number of imidazole rings is 1. The molecule has 2 heterocycles. The molecule has 0 aliphatic rings. The number of nitrogens with zero attached hydrogens (tertiary/aromatic N) is 3. The highest BCUT2D eigenvalue weighted by atomic mass is 32.1. The number of rotatable bonds is 4. The molecule has 4 heteroatoms. The van der Waals surface area contributed by atoms with Crippen LogP contribution in [0.4, 0.5) is 0 Å². The normalized spacial score (nSPS) is 11.1. The Morgan fingerprint density at radius 2 is 2.19 bits per heavy atom. The molecule has 0 atom stereocenters. The summed E-state index contributed by atoms with van der Waals surface area (Å²) in [6.45, 7) is 5.37. The number of thiophene rings is 1. The molecular formula is C17H17N3S. The molecule has 3 aromatic rings. The van der Waals surface area contributed by atoms with Crippen molar-refractivity contribution in [1.29, 1.82) is 5.26 Å². The smallest absolute Gasteiger partial charge is 0.115 e. The Kier molecular flexibility index (Phi) is 3.76. The first-order chi connectivity index (χ1) is 10.2. The van der Waals surface area contributed by atoms with Gasteiger partial charge in [0.15, 0.2) is 0 Å². The molecule has 0 aliphatic heterocycles. The van der Waals surface area contributed by atoms with Crippen molar-refractivity contribution in [2.45, 2.75) is 26.8 Å². The van der Waals surface area contributed by atoms with Crippen molar-refractivity contribution in [2.75, 3.05) is 0 Å². The van der Waals surface area contributed by atoms with Crippen molar-refractivity contribution in [2.24, 2.45) is 5.92 Å². The van der Waals surface area contributed by atoms with E-state index < -0.39 is 0 Å². The first-order valence-corrected chi connectivity index (χ1v) is 7.97. The topological polar surface area (TPSA) is 41.6 Å². The monoisotopic (exact) mass is 295 g/mol. The number of benzene rings is 1. The highest BCUT2D eigenvalue weighted by molar-refractivity contribution is 7.09. The lowest BCUT2D eigenvalue weighted by molar-refractivity contribution is 0.520. The average Bonchev–Trinajstić information content (AvgIpc) is 3.07. The summed E-state index contributed by atoms with van der Waals surface area (Å²) >= 11 is 1.76. The van der Waals surface area contributed by atoms with Crippen molar-refractivity contribution in [3.05, 3.63) is 52.0 Å². The van der Waals surface area contributed by atoms with Crippen LogP contribution >= 0.6 is 11.3 Å². The molecule has 106 valence electrons. The Balaban J connectivity index is 2.10. The molecule has 0 N–H and O–H groups in total. The SMILES string of the molecule is CC(C)Cn1c(Cc2cccs2)nc2cc(C#N)ccc21. The van der Waals surface area contributed by atoms with Gasteiger partial charge in [0.1, 0.15) is 5.82 Å². The van der Waals surface area contributed by atoms with Gasteiger partial charge in [-0.3, -0.25) is 0 Å². The molecule has 0 spiro atoms. The lowest BCUT2D eigenvalue weighted by Crippen LogP contribution is -2.08. The van der Waals surface area contributed by atoms with Crippen LogP contribution in [0.2, 0.25) is 0 Å². The third-order valence-electron chi connectivity index (χ3n) is 3.42. The van der Waals surface area contributed by atoms with Crippen LogP contribution in [0.15, 0.2) is 35.7 Å². The number of hydrogen-bond donors (Lipinski definition) is 0. The zero-order valence-electron chi connectivity index (χ0n) is 12.2. The van der Waals surface area contributed by atoms with Gasteiger partial charge in [-0.2, -0.15) is 5.26 Å². The van der Waals surface area contributed by atoms with Crippen LogP contribution in [0.1, 0.15) is 30.1 Å². The maximum atomic E-state index is 9.04. The zero-order valence-corrected chi connectivity index (χ0v) is 13.0. The van der Waals surface area contributed by atoms with E-state index in [1.54, 1.807) is 11.3 Å². The van der Waals surface area contributed by atoms with Crippen molar-refractivity contribution < 1.29 is 0 Å². The van der Waals surface area contributed by atoms with Gasteiger partial charge in [0.25, 0.3) is 0 Å². The second kappa shape index (κ2) is 5.71. The fourth-order valence-corrected chi connectivity index (χ4v) is 3.22. The minimum absolute atomic E-state index is 0.556. The molecule has 0 unspecified atom stereocenters. The summed E-state index contributed by atoms with van der Waals surface area (Å²) in [5, 5.41) is 11.1. The second-order valence-electron chi connectivity index (χ2n) is 5.60. The fraction of sp³-hybridized carbons (Fsp3) is 0.294. The molecule has 21 heavy (non-hydrogen) atoms. The lowest BCUT2D eigenvalue weighted by atomic mass is 10.2. The molecule has 0 bridgehead atoms. The fourth-order valence-electron chi connectivity index (χ4n) is 2.52. The van der Waals surface area contributed by atoms with Crippen LogP contribution in [0.3, 0.4) is 0 Å². The summed E-state index contributed by atoms with van der Waals surface area (Å²) in [6.07, 6.45) is 0.848. The maximum absolute atomic E-state index is 9.04. The van der Waals surface area contributed by atoms with Crippen molar-refractivity contribution >= 4 is 22.4 Å². The van der Waals surface area contributed by atoms with Gasteiger partial charge in [-0.25, -0.2) is 4.98 Å². The molecule has 2 aromatic heterocycles. The standard InChI is InChI=1S/C17H17N3S/c1-12(2)11-20-16-6-5-13(10-18)8-15(16)19-17(20)9-14-4-3-7-21-14/h3-8,12H,9,11H2,1-2H3. The molecular weight excluding hydrogens is 278 g/mol. The molecule has 0 saturated heterocycles. The minimum Gasteiger partial charge on any atom is -0.327 e. The predicted molar refractivity (Wildman–Crippen MR) is 86.4 cm³/mol. The molecule has 0 fully saturated rings. The van der Waals surface area contributed by atoms with Crippen molar-refractivity contribution in [3.8, 4) is 6.07 Å². The summed E-state index contributed by atoms with van der Waals surface area (Å²) in [5.74, 6) is 1.64. The first kappa shape index (κ1) is 13.8. The van der Waals surface area contributed by atoms with Gasteiger partial charge in [-0.05, 0) is 35.6 Å². The van der Waals surface area contributed by atoms with Crippen LogP contribution in [-0.4, -0.2) is 9.55 Å². The summed E-state index contributed by atoms with van der Waals surface area (Å²) in [6, 6.07) is 12.2.